The van der Waals surface area contributed by atoms with Crippen molar-refractivity contribution < 1.29 is 13.6 Å². The van der Waals surface area contributed by atoms with Gasteiger partial charge in [-0.2, -0.15) is 8.78 Å². The molecule has 1 aromatic heterocycles. The monoisotopic (exact) mass is 367 g/mol. The molecule has 6 nitrogen and oxygen atoms in total. The molecule has 26 heavy (non-hydrogen) atoms. The van der Waals surface area contributed by atoms with Crippen molar-refractivity contribution in [1.29, 1.82) is 0 Å². The predicted octanol–water partition coefficient (Wildman–Crippen LogP) is 1.84. The zero-order chi connectivity index (χ0) is 18.1. The van der Waals surface area contributed by atoms with Crippen LogP contribution >= 0.6 is 0 Å². The van der Waals surface area contributed by atoms with Crippen molar-refractivity contribution in [3.05, 3.63) is 18.2 Å². The van der Waals surface area contributed by atoms with E-state index in [0.717, 1.165) is 17.4 Å². The van der Waals surface area contributed by atoms with Crippen LogP contribution in [0.4, 0.5) is 8.78 Å². The number of fused-ring (bicyclic) bond motifs is 2. The van der Waals surface area contributed by atoms with E-state index in [1.165, 1.54) is 25.2 Å². The fourth-order valence-electron chi connectivity index (χ4n) is 4.72. The second-order valence-electron chi connectivity index (χ2n) is 7.86. The average Bonchev–Trinajstić information content (AvgIpc) is 3.22. The van der Waals surface area contributed by atoms with E-state index < -0.39 is 6.55 Å². The molecule has 2 unspecified atom stereocenters. The summed E-state index contributed by atoms with van der Waals surface area (Å²) in [7, 11) is 0. The van der Waals surface area contributed by atoms with Crippen LogP contribution in [-0.2, 0) is 11.3 Å². The molecule has 0 radical (unpaired) electrons. The highest BCUT2D eigenvalue weighted by atomic mass is 19.3. The van der Waals surface area contributed by atoms with Crippen LogP contribution in [0.15, 0.2) is 12.4 Å². The van der Waals surface area contributed by atoms with Gasteiger partial charge in [-0.05, 0) is 31.6 Å². The van der Waals surface area contributed by atoms with Crippen molar-refractivity contribution >= 4 is 5.91 Å². The fourth-order valence-corrected chi connectivity index (χ4v) is 4.72. The van der Waals surface area contributed by atoms with Crippen LogP contribution in [-0.4, -0.2) is 63.5 Å². The number of carbonyl (C=O) groups excluding carboxylic acids is 1. The normalized spacial score (nSPS) is 29.5. The third kappa shape index (κ3) is 3.91. The average molecular weight is 367 g/mol. The molecule has 3 fully saturated rings. The van der Waals surface area contributed by atoms with Gasteiger partial charge in [-0.15, -0.1) is 0 Å². The Bertz CT molecular complexity index is 617. The number of imidazole rings is 1. The first-order chi connectivity index (χ1) is 12.6. The third-order valence-corrected chi connectivity index (χ3v) is 6.08. The highest BCUT2D eigenvalue weighted by molar-refractivity contribution is 5.76. The van der Waals surface area contributed by atoms with Crippen LogP contribution in [0.25, 0.3) is 0 Å². The second kappa shape index (κ2) is 7.60. The van der Waals surface area contributed by atoms with Crippen LogP contribution in [0.5, 0.6) is 0 Å². The molecule has 4 heterocycles. The highest BCUT2D eigenvalue weighted by Crippen LogP contribution is 2.33. The number of piperazine rings is 1. The minimum atomic E-state index is -2.56. The molecule has 8 heteroatoms. The quantitative estimate of drug-likeness (QED) is 0.863. The molecule has 0 spiro atoms. The maximum Gasteiger partial charge on any atom is 0.319 e. The van der Waals surface area contributed by atoms with Crippen molar-refractivity contribution in [2.24, 2.45) is 5.92 Å². The van der Waals surface area contributed by atoms with Crippen LogP contribution in [0.2, 0.25) is 0 Å². The summed E-state index contributed by atoms with van der Waals surface area (Å²) in [5, 5.41) is 3.62. The molecule has 3 aliphatic rings. The highest BCUT2D eigenvalue weighted by Gasteiger charge is 2.35. The number of nitrogens with one attached hydrogen (secondary N) is 1. The third-order valence-electron chi connectivity index (χ3n) is 6.08. The molecule has 144 valence electrons. The van der Waals surface area contributed by atoms with Gasteiger partial charge in [0.25, 0.3) is 0 Å². The molecule has 0 aromatic carbocycles. The molecule has 0 saturated carbocycles. The van der Waals surface area contributed by atoms with Crippen molar-refractivity contribution in [3.8, 4) is 0 Å². The fraction of sp³-hybridized carbons (Fsp3) is 0.778. The Morgan fingerprint density at radius 1 is 1.19 bits per heavy atom. The van der Waals surface area contributed by atoms with E-state index in [0.29, 0.717) is 63.0 Å². The van der Waals surface area contributed by atoms with Gasteiger partial charge in [-0.25, -0.2) is 4.98 Å². The first kappa shape index (κ1) is 17.9. The van der Waals surface area contributed by atoms with E-state index in [1.54, 1.807) is 0 Å². The maximum absolute atomic E-state index is 12.9. The minimum Gasteiger partial charge on any atom is -0.340 e. The molecule has 3 aliphatic heterocycles. The van der Waals surface area contributed by atoms with Gasteiger partial charge in [0.15, 0.2) is 0 Å². The van der Waals surface area contributed by atoms with Crippen molar-refractivity contribution in [2.45, 2.75) is 57.3 Å². The zero-order valence-electron chi connectivity index (χ0n) is 15.0. The van der Waals surface area contributed by atoms with Crippen molar-refractivity contribution in [1.82, 2.24) is 24.7 Å². The molecule has 1 amide bonds. The van der Waals surface area contributed by atoms with Gasteiger partial charge >= 0.3 is 6.55 Å². The maximum atomic E-state index is 12.9. The van der Waals surface area contributed by atoms with E-state index >= 15 is 0 Å². The molecule has 1 N–H and O–H groups in total. The van der Waals surface area contributed by atoms with Crippen LogP contribution in [0, 0.1) is 5.92 Å². The molecule has 3 saturated heterocycles. The summed E-state index contributed by atoms with van der Waals surface area (Å²) < 4.78 is 26.7. The van der Waals surface area contributed by atoms with E-state index in [1.807, 2.05) is 4.90 Å². The Labute approximate surface area is 152 Å². The summed E-state index contributed by atoms with van der Waals surface area (Å²) in [4.78, 5) is 20.7. The number of carbonyl (C=O) groups is 1. The number of rotatable bonds is 5. The number of aromatic nitrogens is 2. The molecule has 0 aliphatic carbocycles. The SMILES string of the molecule is O=C(CC1CC2CCC(C1)N2)N1CCN(Cc2nccn2C(F)F)CC1. The van der Waals surface area contributed by atoms with Crippen molar-refractivity contribution in [3.63, 3.8) is 0 Å². The molecule has 4 rings (SSSR count). The van der Waals surface area contributed by atoms with Crippen LogP contribution < -0.4 is 5.32 Å². The summed E-state index contributed by atoms with van der Waals surface area (Å²) in [6.07, 6.45) is 8.13. The Hall–Kier alpha value is -1.54. The van der Waals surface area contributed by atoms with Gasteiger partial charge in [-0.3, -0.25) is 14.3 Å². The van der Waals surface area contributed by atoms with Gasteiger partial charge in [0.1, 0.15) is 5.82 Å². The van der Waals surface area contributed by atoms with Gasteiger partial charge in [0, 0.05) is 57.1 Å². The number of amides is 1. The number of alkyl halides is 2. The van der Waals surface area contributed by atoms with Gasteiger partial charge in [-0.1, -0.05) is 0 Å². The van der Waals surface area contributed by atoms with Gasteiger partial charge in [0.05, 0.1) is 6.54 Å². The second-order valence-corrected chi connectivity index (χ2v) is 7.86. The molecule has 2 atom stereocenters. The van der Waals surface area contributed by atoms with E-state index in [9.17, 15) is 13.6 Å². The first-order valence-corrected chi connectivity index (χ1v) is 9.64. The molecular formula is C18H27F2N5O. The van der Waals surface area contributed by atoms with Crippen LogP contribution in [0.3, 0.4) is 0 Å². The number of nitrogens with zero attached hydrogens (tertiary/aromatic N) is 4. The summed E-state index contributed by atoms with van der Waals surface area (Å²) in [6, 6.07) is 1.23. The van der Waals surface area contributed by atoms with E-state index in [-0.39, 0.29) is 5.91 Å². The summed E-state index contributed by atoms with van der Waals surface area (Å²) in [6.45, 7) is 0.601. The number of hydrogen-bond acceptors (Lipinski definition) is 4. The lowest BCUT2D eigenvalue weighted by Crippen LogP contribution is -2.49. The largest absolute Gasteiger partial charge is 0.340 e. The van der Waals surface area contributed by atoms with Crippen molar-refractivity contribution in [2.75, 3.05) is 26.2 Å². The molecular weight excluding hydrogens is 340 g/mol. The lowest BCUT2D eigenvalue weighted by molar-refractivity contribution is -0.134. The number of hydrogen-bond donors (Lipinski definition) is 1. The number of piperidine rings is 1. The first-order valence-electron chi connectivity index (χ1n) is 9.64. The predicted molar refractivity (Wildman–Crippen MR) is 92.6 cm³/mol. The molecule has 1 aromatic rings. The minimum absolute atomic E-state index is 0.255. The Morgan fingerprint density at radius 2 is 1.88 bits per heavy atom. The molecule has 2 bridgehead atoms. The van der Waals surface area contributed by atoms with Gasteiger partial charge < -0.3 is 10.2 Å². The van der Waals surface area contributed by atoms with Crippen LogP contribution in [0.1, 0.15) is 44.5 Å². The summed E-state index contributed by atoms with van der Waals surface area (Å²) >= 11 is 0. The lowest BCUT2D eigenvalue weighted by Gasteiger charge is -2.36. The van der Waals surface area contributed by atoms with E-state index in [4.69, 9.17) is 0 Å². The standard InChI is InChI=1S/C18H27F2N5O/c19-18(20)25-4-3-21-16(25)12-23-5-7-24(8-6-23)17(26)11-13-9-14-1-2-15(10-13)22-14/h3-4,13-15,18,22H,1-2,5-12H2. The summed E-state index contributed by atoms with van der Waals surface area (Å²) in [5.74, 6) is 1.15. The summed E-state index contributed by atoms with van der Waals surface area (Å²) in [5.41, 5.74) is 0. The Balaban J connectivity index is 1.24. The lowest BCUT2D eigenvalue weighted by atomic mass is 9.89. The van der Waals surface area contributed by atoms with Gasteiger partial charge in [0.2, 0.25) is 5.91 Å². The smallest absolute Gasteiger partial charge is 0.319 e. The Kier molecular flexibility index (Phi) is 5.22. The topological polar surface area (TPSA) is 53.4 Å². The number of halogens is 2. The Morgan fingerprint density at radius 3 is 2.54 bits per heavy atom. The van der Waals surface area contributed by atoms with E-state index in [2.05, 4.69) is 15.2 Å². The zero-order valence-corrected chi connectivity index (χ0v) is 15.0.